The first-order valence-electron chi connectivity index (χ1n) is 11.7. The van der Waals surface area contributed by atoms with Crippen molar-refractivity contribution in [1.29, 1.82) is 0 Å². The van der Waals surface area contributed by atoms with Crippen molar-refractivity contribution in [2.45, 2.75) is 32.9 Å². The second-order valence-electron chi connectivity index (χ2n) is 9.21. The molecule has 0 unspecified atom stereocenters. The number of carbonyl (C=O) groups excluding carboxylic acids is 3. The molecule has 0 aliphatic carbocycles. The molecule has 1 aliphatic rings. The van der Waals surface area contributed by atoms with Gasteiger partial charge >= 0.3 is 0 Å². The molecule has 196 valence electrons. The molecule has 0 spiro atoms. The van der Waals surface area contributed by atoms with Crippen LogP contribution in [0.15, 0.2) is 79.2 Å². The quantitative estimate of drug-likeness (QED) is 0.230. The van der Waals surface area contributed by atoms with E-state index in [0.717, 1.165) is 16.7 Å². The first kappa shape index (κ1) is 29.1. The number of methoxy groups -OCH3 is 1. The van der Waals surface area contributed by atoms with E-state index in [9.17, 15) is 9.59 Å². The molecule has 0 fully saturated rings. The van der Waals surface area contributed by atoms with Crippen LogP contribution in [0.25, 0.3) is 11.1 Å². The minimum atomic E-state index is -0.239. The molecule has 1 heterocycles. The Hall–Kier alpha value is -4.17. The first-order chi connectivity index (χ1) is 17.4. The molecule has 2 aromatic carbocycles. The third kappa shape index (κ3) is 7.41. The Balaban J connectivity index is 0.00000153. The van der Waals surface area contributed by atoms with Gasteiger partial charge in [-0.2, -0.15) is 0 Å². The normalized spacial score (nSPS) is 12.1. The Morgan fingerprint density at radius 1 is 1.11 bits per heavy atom. The number of fused-ring (bicyclic) bond motifs is 1. The van der Waals surface area contributed by atoms with Crippen molar-refractivity contribution in [3.05, 3.63) is 95.9 Å². The third-order valence-electron chi connectivity index (χ3n) is 5.61. The number of nitrogens with two attached hydrogens (primary N) is 1. The molecule has 8 nitrogen and oxygen atoms in total. The van der Waals surface area contributed by atoms with Crippen molar-refractivity contribution >= 4 is 18.2 Å². The molecule has 3 amide bonds. The molecule has 0 aromatic heterocycles. The Morgan fingerprint density at radius 2 is 1.70 bits per heavy atom. The van der Waals surface area contributed by atoms with E-state index in [-0.39, 0.29) is 23.8 Å². The van der Waals surface area contributed by atoms with E-state index < -0.39 is 0 Å². The van der Waals surface area contributed by atoms with Crippen LogP contribution in [0.3, 0.4) is 0 Å². The predicted octanol–water partition coefficient (Wildman–Crippen LogP) is 4.19. The number of hydrogen-bond donors (Lipinski definition) is 2. The average Bonchev–Trinajstić information content (AvgIpc) is 3.21. The summed E-state index contributed by atoms with van der Waals surface area (Å²) >= 11 is 0. The van der Waals surface area contributed by atoms with Crippen molar-refractivity contribution in [2.75, 3.05) is 20.3 Å². The zero-order chi connectivity index (χ0) is 27.8. The molecule has 1 aliphatic heterocycles. The smallest absolute Gasteiger partial charge is 0.258 e. The maximum atomic E-state index is 13.1. The summed E-state index contributed by atoms with van der Waals surface area (Å²) in [6, 6.07) is 13.0. The van der Waals surface area contributed by atoms with Crippen LogP contribution in [0, 0.1) is 0 Å². The summed E-state index contributed by atoms with van der Waals surface area (Å²) < 4.78 is 10.8. The van der Waals surface area contributed by atoms with Crippen LogP contribution in [0.4, 0.5) is 0 Å². The van der Waals surface area contributed by atoms with Gasteiger partial charge in [-0.1, -0.05) is 44.0 Å². The fourth-order valence-corrected chi connectivity index (χ4v) is 3.69. The molecule has 8 heteroatoms. The number of amides is 3. The van der Waals surface area contributed by atoms with Crippen LogP contribution in [-0.2, 0) is 20.8 Å². The number of carbonyl (C=O) groups is 3. The summed E-state index contributed by atoms with van der Waals surface area (Å²) in [6.07, 6.45) is 0.250. The molecule has 37 heavy (non-hydrogen) atoms. The molecular formula is C29H35N3O5. The Labute approximate surface area is 218 Å². The average molecular weight is 506 g/mol. The lowest BCUT2D eigenvalue weighted by molar-refractivity contribution is -0.106. The van der Waals surface area contributed by atoms with Crippen molar-refractivity contribution in [3.63, 3.8) is 0 Å². The van der Waals surface area contributed by atoms with Crippen LogP contribution < -0.4 is 11.1 Å². The van der Waals surface area contributed by atoms with Gasteiger partial charge in [-0.15, -0.1) is 0 Å². The Morgan fingerprint density at radius 3 is 2.27 bits per heavy atom. The third-order valence-corrected chi connectivity index (χ3v) is 5.61. The Bertz CT molecular complexity index is 1190. The summed E-state index contributed by atoms with van der Waals surface area (Å²) in [5, 5.41) is 2.87. The van der Waals surface area contributed by atoms with Gasteiger partial charge in [0.15, 0.2) is 0 Å². The van der Waals surface area contributed by atoms with E-state index in [1.165, 1.54) is 7.11 Å². The topological polar surface area (TPSA) is 111 Å². The second-order valence-corrected chi connectivity index (χ2v) is 9.21. The minimum absolute atomic E-state index is 0.139. The first-order valence-corrected chi connectivity index (χ1v) is 11.7. The van der Waals surface area contributed by atoms with Crippen molar-refractivity contribution in [1.82, 2.24) is 10.2 Å². The summed E-state index contributed by atoms with van der Waals surface area (Å²) in [7, 11) is 1.50. The maximum absolute atomic E-state index is 13.1. The highest BCUT2D eigenvalue weighted by Gasteiger charge is 2.32. The molecule has 3 rings (SSSR count). The van der Waals surface area contributed by atoms with E-state index in [4.69, 9.17) is 14.3 Å². The highest BCUT2D eigenvalue weighted by Crippen LogP contribution is 2.36. The summed E-state index contributed by atoms with van der Waals surface area (Å²) in [4.78, 5) is 35.7. The predicted molar refractivity (Wildman–Crippen MR) is 144 cm³/mol. The fraction of sp³-hybridized carbons (Fsp3) is 0.276. The molecule has 0 radical (unpaired) electrons. The van der Waals surface area contributed by atoms with Gasteiger partial charge in [0.2, 0.25) is 6.41 Å². The van der Waals surface area contributed by atoms with E-state index in [0.29, 0.717) is 47.9 Å². The van der Waals surface area contributed by atoms with Gasteiger partial charge in [0.05, 0.1) is 25.9 Å². The van der Waals surface area contributed by atoms with Crippen LogP contribution in [0.5, 0.6) is 0 Å². The van der Waals surface area contributed by atoms with Gasteiger partial charge in [-0.3, -0.25) is 14.4 Å². The fourth-order valence-electron chi connectivity index (χ4n) is 3.69. The maximum Gasteiger partial charge on any atom is 0.258 e. The largest absolute Gasteiger partial charge is 0.497 e. The van der Waals surface area contributed by atoms with Crippen molar-refractivity contribution in [2.24, 2.45) is 5.73 Å². The molecule has 0 atom stereocenters. The lowest BCUT2D eigenvalue weighted by Gasteiger charge is -2.21. The summed E-state index contributed by atoms with van der Waals surface area (Å²) in [5.74, 6) is 0.0741. The zero-order valence-electron chi connectivity index (χ0n) is 21.9. The lowest BCUT2D eigenvalue weighted by Crippen LogP contribution is -2.30. The molecule has 3 N–H and O–H groups in total. The highest BCUT2D eigenvalue weighted by atomic mass is 16.5. The number of nitrogens with one attached hydrogen (secondary N) is 1. The van der Waals surface area contributed by atoms with Crippen LogP contribution in [0.2, 0.25) is 0 Å². The Kier molecular flexibility index (Phi) is 9.97. The van der Waals surface area contributed by atoms with Crippen LogP contribution in [0.1, 0.15) is 47.1 Å². The number of ether oxygens (including phenoxy) is 2. The lowest BCUT2D eigenvalue weighted by atomic mass is 9.96. The SMILES string of the molecule is C=C(OC)C(=C)C(=C)N1Cc2c(cccc2-c2ccc(C(=O)NCCOC(C)(C)C)cc2)C1=O.NC=O. The number of hydrogen-bond acceptors (Lipinski definition) is 5. The van der Waals surface area contributed by atoms with E-state index in [1.54, 1.807) is 17.0 Å². The summed E-state index contributed by atoms with van der Waals surface area (Å²) in [6.45, 7) is 19.0. The molecule has 0 saturated carbocycles. The van der Waals surface area contributed by atoms with Crippen LogP contribution >= 0.6 is 0 Å². The summed E-state index contributed by atoms with van der Waals surface area (Å²) in [5.41, 5.74) is 8.81. The van der Waals surface area contributed by atoms with Crippen molar-refractivity contribution < 1.29 is 23.9 Å². The van der Waals surface area contributed by atoms with Gasteiger partial charge in [0, 0.05) is 28.9 Å². The number of rotatable bonds is 9. The van der Waals surface area contributed by atoms with Crippen LogP contribution in [-0.4, -0.2) is 49.0 Å². The van der Waals surface area contributed by atoms with Gasteiger partial charge < -0.3 is 25.4 Å². The number of nitrogens with zero attached hydrogens (tertiary/aromatic N) is 1. The highest BCUT2D eigenvalue weighted by molar-refractivity contribution is 6.02. The van der Waals surface area contributed by atoms with E-state index in [2.05, 4.69) is 30.8 Å². The second kappa shape index (κ2) is 12.7. The van der Waals surface area contributed by atoms with E-state index in [1.807, 2.05) is 51.1 Å². The van der Waals surface area contributed by atoms with Gasteiger partial charge in [-0.25, -0.2) is 0 Å². The molecule has 0 saturated heterocycles. The molecule has 0 bridgehead atoms. The number of primary amides is 1. The van der Waals surface area contributed by atoms with Gasteiger partial charge in [0.1, 0.15) is 5.76 Å². The van der Waals surface area contributed by atoms with Crippen molar-refractivity contribution in [3.8, 4) is 11.1 Å². The monoisotopic (exact) mass is 505 g/mol. The minimum Gasteiger partial charge on any atom is -0.497 e. The molecule has 2 aromatic rings. The number of benzene rings is 2. The standard InChI is InChI=1S/C28H32N2O4.CH3NO/c1-18(20(3)33-7)19(2)30-17-25-23(9-8-10-24(25)27(30)32)21-11-13-22(14-12-21)26(31)29-15-16-34-28(4,5)6;2-1-3/h8-14H,1-3,15-17H2,4-7H3,(H,29,31);1H,(H2,2,3). The molecular weight excluding hydrogens is 470 g/mol. The van der Waals surface area contributed by atoms with Gasteiger partial charge in [0.25, 0.3) is 11.8 Å². The van der Waals surface area contributed by atoms with E-state index >= 15 is 0 Å². The zero-order valence-corrected chi connectivity index (χ0v) is 21.9. The van der Waals surface area contributed by atoms with Gasteiger partial charge in [-0.05, 0) is 55.7 Å².